The third-order valence-electron chi connectivity index (χ3n) is 4.26. The zero-order chi connectivity index (χ0) is 19.7. The van der Waals surface area contributed by atoms with Crippen LogP contribution < -0.4 is 10.9 Å². The van der Waals surface area contributed by atoms with Crippen LogP contribution in [0.3, 0.4) is 0 Å². The Kier molecular flexibility index (Phi) is 4.95. The van der Waals surface area contributed by atoms with Crippen molar-refractivity contribution in [1.29, 1.82) is 0 Å². The quantitative estimate of drug-likeness (QED) is 0.658. The highest BCUT2D eigenvalue weighted by Gasteiger charge is 2.26. The number of hydrogen-bond acceptors (Lipinski definition) is 6. The number of rotatable bonds is 5. The van der Waals surface area contributed by atoms with Crippen molar-refractivity contribution in [3.8, 4) is 11.3 Å². The van der Waals surface area contributed by atoms with Crippen LogP contribution in [0.4, 0.5) is 8.78 Å². The summed E-state index contributed by atoms with van der Waals surface area (Å²) in [5, 5.41) is 7.10. The fourth-order valence-electron chi connectivity index (χ4n) is 2.93. The Balaban J connectivity index is 1.38. The molecule has 0 radical (unpaired) electrons. The van der Waals surface area contributed by atoms with Crippen LogP contribution in [-0.2, 0) is 11.3 Å². The van der Waals surface area contributed by atoms with Gasteiger partial charge in [-0.2, -0.15) is 0 Å². The molecule has 28 heavy (non-hydrogen) atoms. The predicted molar refractivity (Wildman–Crippen MR) is 96.6 cm³/mol. The van der Waals surface area contributed by atoms with E-state index in [1.54, 1.807) is 0 Å². The lowest BCUT2D eigenvalue weighted by Crippen LogP contribution is -2.30. The van der Waals surface area contributed by atoms with E-state index in [0.29, 0.717) is 16.6 Å². The minimum Gasteiger partial charge on any atom is -0.356 e. The molecule has 1 unspecified atom stereocenters. The van der Waals surface area contributed by atoms with Crippen molar-refractivity contribution < 1.29 is 18.1 Å². The van der Waals surface area contributed by atoms with Gasteiger partial charge in [0.1, 0.15) is 17.3 Å². The van der Waals surface area contributed by atoms with Crippen molar-refractivity contribution in [3.05, 3.63) is 64.2 Å². The fraction of sp³-hybridized carbons (Fsp3) is 0.222. The lowest BCUT2D eigenvalue weighted by Gasteiger charge is -2.12. The lowest BCUT2D eigenvalue weighted by atomic mass is 10.1. The van der Waals surface area contributed by atoms with Crippen LogP contribution >= 0.6 is 11.8 Å². The van der Waals surface area contributed by atoms with Crippen LogP contribution in [0.2, 0.25) is 0 Å². The Morgan fingerprint density at radius 3 is 3.00 bits per heavy atom. The number of halogens is 2. The average molecular weight is 404 g/mol. The van der Waals surface area contributed by atoms with Crippen LogP contribution in [0.5, 0.6) is 0 Å². The van der Waals surface area contributed by atoms with E-state index in [4.69, 9.17) is 4.52 Å². The maximum Gasteiger partial charge on any atom is 0.254 e. The highest BCUT2D eigenvalue weighted by atomic mass is 32.2. The fourth-order valence-corrected chi connectivity index (χ4v) is 4.05. The second-order valence-corrected chi connectivity index (χ2v) is 7.18. The number of fused-ring (bicyclic) bond motifs is 1. The minimum atomic E-state index is -0.761. The van der Waals surface area contributed by atoms with Gasteiger partial charge in [-0.3, -0.25) is 14.2 Å². The van der Waals surface area contributed by atoms with Crippen molar-refractivity contribution >= 4 is 17.7 Å². The molecule has 144 valence electrons. The maximum atomic E-state index is 13.8. The van der Waals surface area contributed by atoms with Gasteiger partial charge in [-0.25, -0.2) is 13.8 Å². The maximum absolute atomic E-state index is 13.8. The Morgan fingerprint density at radius 2 is 2.18 bits per heavy atom. The van der Waals surface area contributed by atoms with Gasteiger partial charge in [0, 0.05) is 36.6 Å². The molecule has 0 aliphatic carbocycles. The molecule has 0 bridgehead atoms. The molecule has 7 nitrogen and oxygen atoms in total. The van der Waals surface area contributed by atoms with Crippen molar-refractivity contribution in [2.24, 2.45) is 0 Å². The van der Waals surface area contributed by atoms with E-state index in [0.717, 1.165) is 12.1 Å². The van der Waals surface area contributed by atoms with Crippen LogP contribution in [-0.4, -0.2) is 26.4 Å². The summed E-state index contributed by atoms with van der Waals surface area (Å²) in [6, 6.07) is 5.72. The van der Waals surface area contributed by atoms with E-state index in [2.05, 4.69) is 15.5 Å². The molecule has 3 heterocycles. The molecular weight excluding hydrogens is 390 g/mol. The number of carbonyl (C=O) groups excluding carboxylic acids is 1. The van der Waals surface area contributed by atoms with Crippen molar-refractivity contribution in [3.63, 3.8) is 0 Å². The monoisotopic (exact) mass is 404 g/mol. The Morgan fingerprint density at radius 1 is 1.32 bits per heavy atom. The van der Waals surface area contributed by atoms with Gasteiger partial charge in [-0.1, -0.05) is 16.9 Å². The summed E-state index contributed by atoms with van der Waals surface area (Å²) in [7, 11) is 0. The minimum absolute atomic E-state index is 0.0814. The predicted octanol–water partition coefficient (Wildman–Crippen LogP) is 2.53. The van der Waals surface area contributed by atoms with Crippen LogP contribution in [0.15, 0.2) is 51.0 Å². The van der Waals surface area contributed by atoms with Gasteiger partial charge < -0.3 is 9.84 Å². The molecule has 1 atom stereocenters. The normalized spacial score (nSPS) is 15.4. The van der Waals surface area contributed by atoms with E-state index in [9.17, 15) is 18.4 Å². The second kappa shape index (κ2) is 7.55. The summed E-state index contributed by atoms with van der Waals surface area (Å²) >= 11 is 1.43. The van der Waals surface area contributed by atoms with Crippen molar-refractivity contribution in [2.75, 3.05) is 5.75 Å². The van der Waals surface area contributed by atoms with Crippen LogP contribution in [0.25, 0.3) is 11.3 Å². The molecule has 0 fully saturated rings. The van der Waals surface area contributed by atoms with Crippen molar-refractivity contribution in [1.82, 2.24) is 20.0 Å². The molecule has 1 aliphatic rings. The van der Waals surface area contributed by atoms with E-state index in [1.807, 2.05) is 0 Å². The Bertz CT molecular complexity index is 1100. The average Bonchev–Trinajstić information content (AvgIpc) is 3.28. The first-order valence-corrected chi connectivity index (χ1v) is 9.38. The molecule has 3 aromatic rings. The summed E-state index contributed by atoms with van der Waals surface area (Å²) in [5.74, 6) is -0.970. The number of nitrogens with zero attached hydrogens (tertiary/aromatic N) is 3. The SMILES string of the molecule is O=C(CC1CSc2nccc(=O)n21)NCc1cc(-c2ccc(F)cc2F)on1. The highest BCUT2D eigenvalue weighted by Crippen LogP contribution is 2.31. The Hall–Kier alpha value is -3.01. The smallest absolute Gasteiger partial charge is 0.254 e. The highest BCUT2D eigenvalue weighted by molar-refractivity contribution is 7.99. The van der Waals surface area contributed by atoms with Crippen LogP contribution in [0, 0.1) is 11.6 Å². The van der Waals surface area contributed by atoms with E-state index < -0.39 is 11.6 Å². The number of benzene rings is 1. The summed E-state index contributed by atoms with van der Waals surface area (Å²) < 4.78 is 33.4. The molecular formula is C18H14F2N4O3S. The third-order valence-corrected chi connectivity index (χ3v) is 5.37. The number of aromatic nitrogens is 3. The molecule has 0 saturated heterocycles. The van der Waals surface area contributed by atoms with Gasteiger partial charge >= 0.3 is 0 Å². The first-order valence-electron chi connectivity index (χ1n) is 8.39. The Labute approximate surface area is 161 Å². The van der Waals surface area contributed by atoms with Gasteiger partial charge in [0.2, 0.25) is 5.91 Å². The van der Waals surface area contributed by atoms with E-state index >= 15 is 0 Å². The summed E-state index contributed by atoms with van der Waals surface area (Å²) in [4.78, 5) is 28.3. The van der Waals surface area contributed by atoms with Crippen LogP contribution in [0.1, 0.15) is 18.2 Å². The second-order valence-electron chi connectivity index (χ2n) is 6.19. The number of amides is 1. The van der Waals surface area contributed by atoms with Gasteiger partial charge in [0.05, 0.1) is 18.2 Å². The third kappa shape index (κ3) is 3.68. The molecule has 2 aromatic heterocycles. The standard InChI is InChI=1S/C18H14F2N4O3S/c19-10-1-2-13(14(20)5-10)15-6-11(23-27-15)8-22-16(25)7-12-9-28-18-21-4-3-17(26)24(12)18/h1-6,12H,7-9H2,(H,22,25). The number of hydrogen-bond donors (Lipinski definition) is 1. The molecule has 0 saturated carbocycles. The molecule has 1 amide bonds. The molecule has 4 rings (SSSR count). The summed E-state index contributed by atoms with van der Waals surface area (Å²) in [6.45, 7) is 0.0831. The molecule has 0 spiro atoms. The number of carbonyl (C=O) groups is 1. The number of nitrogens with one attached hydrogen (secondary N) is 1. The van der Waals surface area contributed by atoms with E-state index in [-0.39, 0.29) is 41.8 Å². The summed E-state index contributed by atoms with van der Waals surface area (Å²) in [6.07, 6.45) is 1.58. The van der Waals surface area contributed by atoms with Gasteiger partial charge in [0.15, 0.2) is 10.9 Å². The summed E-state index contributed by atoms with van der Waals surface area (Å²) in [5.41, 5.74) is 0.292. The van der Waals surface area contributed by atoms with Crippen molar-refractivity contribution in [2.45, 2.75) is 24.2 Å². The largest absolute Gasteiger partial charge is 0.356 e. The topological polar surface area (TPSA) is 90.0 Å². The van der Waals surface area contributed by atoms with E-state index in [1.165, 1.54) is 40.7 Å². The molecule has 1 aromatic carbocycles. The molecule has 10 heteroatoms. The lowest BCUT2D eigenvalue weighted by molar-refractivity contribution is -0.121. The van der Waals surface area contributed by atoms with Gasteiger partial charge in [0.25, 0.3) is 5.56 Å². The first-order chi connectivity index (χ1) is 13.5. The van der Waals surface area contributed by atoms with Gasteiger partial charge in [-0.05, 0) is 12.1 Å². The first kappa shape index (κ1) is 18.4. The molecule has 1 aliphatic heterocycles. The number of thioether (sulfide) groups is 1. The van der Waals surface area contributed by atoms with Gasteiger partial charge in [-0.15, -0.1) is 0 Å². The molecule has 1 N–H and O–H groups in total. The zero-order valence-corrected chi connectivity index (χ0v) is 15.2. The zero-order valence-electron chi connectivity index (χ0n) is 14.4.